The lowest BCUT2D eigenvalue weighted by atomic mass is 10.0. The van der Waals surface area contributed by atoms with Crippen LogP contribution in [0.5, 0.6) is 0 Å². The van der Waals surface area contributed by atoms with Crippen LogP contribution in [0, 0.1) is 0 Å². The van der Waals surface area contributed by atoms with E-state index >= 15 is 0 Å². The van der Waals surface area contributed by atoms with Crippen LogP contribution in [-0.4, -0.2) is 44.9 Å². The number of fused-ring (bicyclic) bond motifs is 1. The number of thiophene rings is 1. The van der Waals surface area contributed by atoms with E-state index in [-0.39, 0.29) is 11.9 Å². The number of aromatic nitrogens is 4. The fourth-order valence-corrected chi connectivity index (χ4v) is 4.69. The number of ether oxygens (including phenoxy) is 1. The molecule has 0 radical (unpaired) electrons. The minimum Gasteiger partial charge on any atom is -0.379 e. The van der Waals surface area contributed by atoms with Crippen molar-refractivity contribution >= 4 is 27.5 Å². The van der Waals surface area contributed by atoms with E-state index in [9.17, 15) is 4.79 Å². The van der Waals surface area contributed by atoms with Gasteiger partial charge in [0, 0.05) is 32.5 Å². The first-order valence-corrected chi connectivity index (χ1v) is 11.2. The van der Waals surface area contributed by atoms with Gasteiger partial charge in [-0.05, 0) is 53.6 Å². The van der Waals surface area contributed by atoms with Gasteiger partial charge in [-0.25, -0.2) is 4.98 Å². The molecule has 8 heteroatoms. The van der Waals surface area contributed by atoms with Crippen molar-refractivity contribution in [3.8, 4) is 11.4 Å². The largest absolute Gasteiger partial charge is 0.379 e. The number of nitrogens with one attached hydrogen (secondary N) is 1. The maximum Gasteiger partial charge on any atom is 0.270 e. The monoisotopic (exact) mass is 433 g/mol. The van der Waals surface area contributed by atoms with E-state index in [1.807, 2.05) is 49.1 Å². The smallest absolute Gasteiger partial charge is 0.270 e. The first-order chi connectivity index (χ1) is 15.2. The second kappa shape index (κ2) is 8.56. The molecule has 0 aliphatic carbocycles. The first kappa shape index (κ1) is 19.8. The van der Waals surface area contributed by atoms with E-state index in [0.29, 0.717) is 18.7 Å². The summed E-state index contributed by atoms with van der Waals surface area (Å²) in [6.07, 6.45) is 6.37. The zero-order valence-electron chi connectivity index (χ0n) is 17.2. The normalized spacial score (nSPS) is 16.5. The van der Waals surface area contributed by atoms with E-state index in [1.54, 1.807) is 16.0 Å². The predicted octanol–water partition coefficient (Wildman–Crippen LogP) is 3.59. The number of aryl methyl sites for hydroxylation is 1. The highest BCUT2D eigenvalue weighted by Crippen LogP contribution is 2.27. The Bertz CT molecular complexity index is 1210. The van der Waals surface area contributed by atoms with Crippen molar-refractivity contribution in [2.45, 2.75) is 25.3 Å². The van der Waals surface area contributed by atoms with Gasteiger partial charge in [0.2, 0.25) is 0 Å². The quantitative estimate of drug-likeness (QED) is 0.520. The molecule has 1 aliphatic rings. The van der Waals surface area contributed by atoms with Crippen LogP contribution in [0.25, 0.3) is 21.6 Å². The topological polar surface area (TPSA) is 81.9 Å². The molecule has 4 aromatic heterocycles. The first-order valence-electron chi connectivity index (χ1n) is 10.4. The molecule has 5 heterocycles. The lowest BCUT2D eigenvalue weighted by Crippen LogP contribution is -2.40. The maximum absolute atomic E-state index is 12.8. The van der Waals surface area contributed by atoms with E-state index < -0.39 is 0 Å². The lowest BCUT2D eigenvalue weighted by molar-refractivity contribution is 0.0622. The van der Waals surface area contributed by atoms with Crippen molar-refractivity contribution in [1.29, 1.82) is 0 Å². The van der Waals surface area contributed by atoms with Gasteiger partial charge in [0.15, 0.2) is 0 Å². The number of carbonyl (C=O) groups excluding carboxylic acids is 1. The highest BCUT2D eigenvalue weighted by molar-refractivity contribution is 7.17. The number of nitrogens with zero attached hydrogens (tertiary/aromatic N) is 4. The molecule has 1 saturated heterocycles. The molecule has 5 rings (SSSR count). The number of carbonyl (C=O) groups is 1. The summed E-state index contributed by atoms with van der Waals surface area (Å²) in [7, 11) is 1.89. The molecule has 1 N–H and O–H groups in total. The third kappa shape index (κ3) is 4.35. The van der Waals surface area contributed by atoms with Gasteiger partial charge in [0.05, 0.1) is 28.6 Å². The van der Waals surface area contributed by atoms with Gasteiger partial charge in [0.1, 0.15) is 11.4 Å². The molecular formula is C23H23N5O2S. The molecule has 0 bridgehead atoms. The van der Waals surface area contributed by atoms with Crippen LogP contribution in [0.1, 0.15) is 34.5 Å². The summed E-state index contributed by atoms with van der Waals surface area (Å²) in [5.41, 5.74) is 5.15. The molecule has 0 spiro atoms. The fraction of sp³-hybridized carbons (Fsp3) is 0.304. The molecule has 7 nitrogen and oxygen atoms in total. The summed E-state index contributed by atoms with van der Waals surface area (Å²) in [4.78, 5) is 22.0. The second-order valence-electron chi connectivity index (χ2n) is 7.79. The SMILES string of the molecule is Cn1ccc(-c2ccc(Cc3cc(C(=O)N[C@@H]4CCCOC4)nc4ccsc34)cn2)n1. The standard InChI is InChI=1S/C23H23N5O2S/c1-28-8-6-19(27-28)18-5-4-15(13-24-18)11-16-12-21(26-20-7-10-31-22(16)20)23(29)25-17-3-2-9-30-14-17/h4-8,10,12-13,17H,2-3,9,11,14H2,1H3,(H,25,29)/t17-/m1/s1. The van der Waals surface area contributed by atoms with Crippen LogP contribution in [0.15, 0.2) is 48.1 Å². The molecule has 0 unspecified atom stereocenters. The van der Waals surface area contributed by atoms with E-state index in [4.69, 9.17) is 4.74 Å². The van der Waals surface area contributed by atoms with E-state index in [0.717, 1.165) is 52.2 Å². The lowest BCUT2D eigenvalue weighted by Gasteiger charge is -2.23. The number of hydrogen-bond donors (Lipinski definition) is 1. The van der Waals surface area contributed by atoms with Gasteiger partial charge in [-0.15, -0.1) is 11.3 Å². The Morgan fingerprint density at radius 1 is 1.29 bits per heavy atom. The van der Waals surface area contributed by atoms with Gasteiger partial charge in [0.25, 0.3) is 5.91 Å². The van der Waals surface area contributed by atoms with Crippen molar-refractivity contribution in [3.05, 3.63) is 64.9 Å². The molecule has 158 valence electrons. The van der Waals surface area contributed by atoms with E-state index in [1.165, 1.54) is 0 Å². The van der Waals surface area contributed by atoms with Crippen molar-refractivity contribution < 1.29 is 9.53 Å². The zero-order chi connectivity index (χ0) is 21.2. The Morgan fingerprint density at radius 3 is 2.97 bits per heavy atom. The van der Waals surface area contributed by atoms with Gasteiger partial charge < -0.3 is 10.1 Å². The van der Waals surface area contributed by atoms with Crippen LogP contribution in [-0.2, 0) is 18.2 Å². The maximum atomic E-state index is 12.8. The molecule has 1 fully saturated rings. The molecule has 4 aromatic rings. The van der Waals surface area contributed by atoms with Gasteiger partial charge >= 0.3 is 0 Å². The second-order valence-corrected chi connectivity index (χ2v) is 8.71. The average molecular weight is 434 g/mol. The molecule has 1 atom stereocenters. The summed E-state index contributed by atoms with van der Waals surface area (Å²) in [5, 5.41) is 9.48. The highest BCUT2D eigenvalue weighted by atomic mass is 32.1. The number of pyridine rings is 2. The average Bonchev–Trinajstić information content (AvgIpc) is 3.44. The predicted molar refractivity (Wildman–Crippen MR) is 120 cm³/mol. The fourth-order valence-electron chi connectivity index (χ4n) is 3.84. The molecule has 31 heavy (non-hydrogen) atoms. The van der Waals surface area contributed by atoms with Crippen molar-refractivity contribution in [2.75, 3.05) is 13.2 Å². The number of hydrogen-bond acceptors (Lipinski definition) is 6. The Hall–Kier alpha value is -3.10. The van der Waals surface area contributed by atoms with Crippen LogP contribution in [0.3, 0.4) is 0 Å². The molecule has 1 amide bonds. The van der Waals surface area contributed by atoms with Crippen LogP contribution in [0.2, 0.25) is 0 Å². The minimum absolute atomic E-state index is 0.0491. The van der Waals surface area contributed by atoms with Crippen molar-refractivity contribution in [1.82, 2.24) is 25.1 Å². The van der Waals surface area contributed by atoms with Gasteiger partial charge in [-0.2, -0.15) is 5.10 Å². The van der Waals surface area contributed by atoms with Crippen molar-refractivity contribution in [2.24, 2.45) is 7.05 Å². The third-order valence-corrected chi connectivity index (χ3v) is 6.39. The summed E-state index contributed by atoms with van der Waals surface area (Å²) in [6, 6.07) is 9.92. The van der Waals surface area contributed by atoms with Gasteiger partial charge in [-0.1, -0.05) is 6.07 Å². The molecule has 0 saturated carbocycles. The van der Waals surface area contributed by atoms with E-state index in [2.05, 4.69) is 26.4 Å². The minimum atomic E-state index is -0.145. The van der Waals surface area contributed by atoms with Crippen LogP contribution < -0.4 is 5.32 Å². The Labute approximate surface area is 184 Å². The summed E-state index contributed by atoms with van der Waals surface area (Å²) in [5.74, 6) is -0.145. The zero-order valence-corrected chi connectivity index (χ0v) is 18.1. The van der Waals surface area contributed by atoms with Gasteiger partial charge in [-0.3, -0.25) is 14.5 Å². The summed E-state index contributed by atoms with van der Waals surface area (Å²) >= 11 is 1.64. The third-order valence-electron chi connectivity index (χ3n) is 5.41. The molecule has 0 aromatic carbocycles. The Morgan fingerprint density at radius 2 is 2.23 bits per heavy atom. The Kier molecular flexibility index (Phi) is 5.48. The molecular weight excluding hydrogens is 410 g/mol. The Balaban J connectivity index is 1.38. The number of amides is 1. The summed E-state index contributed by atoms with van der Waals surface area (Å²) < 4.78 is 8.34. The van der Waals surface area contributed by atoms with Crippen LogP contribution in [0.4, 0.5) is 0 Å². The summed E-state index contributed by atoms with van der Waals surface area (Å²) in [6.45, 7) is 1.33. The highest BCUT2D eigenvalue weighted by Gasteiger charge is 2.19. The molecule has 1 aliphatic heterocycles. The van der Waals surface area contributed by atoms with Crippen LogP contribution >= 0.6 is 11.3 Å². The van der Waals surface area contributed by atoms with Crippen molar-refractivity contribution in [3.63, 3.8) is 0 Å². The number of rotatable bonds is 5.